The van der Waals surface area contributed by atoms with Crippen LogP contribution in [0, 0.1) is 17.3 Å². The van der Waals surface area contributed by atoms with Crippen molar-refractivity contribution < 1.29 is 5.11 Å². The highest BCUT2D eigenvalue weighted by atomic mass is 16.3. The van der Waals surface area contributed by atoms with Gasteiger partial charge in [0.1, 0.15) is 0 Å². The number of aliphatic hydroxyl groups is 1. The molecule has 0 aromatic heterocycles. The van der Waals surface area contributed by atoms with Crippen LogP contribution in [-0.4, -0.2) is 10.7 Å². The molecule has 1 aliphatic rings. The molecule has 0 radical (unpaired) electrons. The van der Waals surface area contributed by atoms with Gasteiger partial charge in [0, 0.05) is 0 Å². The molecule has 0 bridgehead atoms. The van der Waals surface area contributed by atoms with E-state index in [-0.39, 0.29) is 5.41 Å². The van der Waals surface area contributed by atoms with Gasteiger partial charge in [-0.2, -0.15) is 0 Å². The minimum Gasteiger partial charge on any atom is -0.390 e. The standard InChI is InChI=1S/C13H24O/c1-12(2,3)10-8-6-7-9-11(10)13(4,5)14/h6,8,10-11,14H,7,9H2,1-5H3/t10-,11-/m0/s1. The Morgan fingerprint density at radius 3 is 2.07 bits per heavy atom. The Balaban J connectivity index is 2.90. The van der Waals surface area contributed by atoms with Crippen molar-refractivity contribution in [1.29, 1.82) is 0 Å². The summed E-state index contributed by atoms with van der Waals surface area (Å²) in [6.07, 6.45) is 6.79. The highest BCUT2D eigenvalue weighted by Gasteiger charge is 2.39. The molecule has 0 aromatic carbocycles. The normalized spacial score (nSPS) is 29.3. The van der Waals surface area contributed by atoms with E-state index < -0.39 is 5.60 Å². The molecule has 0 amide bonds. The molecule has 0 spiro atoms. The maximum absolute atomic E-state index is 10.1. The maximum Gasteiger partial charge on any atom is 0.0625 e. The molecule has 2 atom stereocenters. The van der Waals surface area contributed by atoms with Crippen molar-refractivity contribution >= 4 is 0 Å². The summed E-state index contributed by atoms with van der Waals surface area (Å²) in [5.41, 5.74) is -0.301. The molecule has 14 heavy (non-hydrogen) atoms. The minimum absolute atomic E-state index is 0.252. The lowest BCUT2D eigenvalue weighted by molar-refractivity contribution is -0.0297. The fourth-order valence-corrected chi connectivity index (χ4v) is 2.52. The molecule has 1 heteroatoms. The van der Waals surface area contributed by atoms with Crippen molar-refractivity contribution in [1.82, 2.24) is 0 Å². The van der Waals surface area contributed by atoms with E-state index in [0.717, 1.165) is 12.8 Å². The third kappa shape index (κ3) is 2.60. The Hall–Kier alpha value is -0.300. The van der Waals surface area contributed by atoms with Crippen LogP contribution < -0.4 is 0 Å². The van der Waals surface area contributed by atoms with Gasteiger partial charge in [-0.1, -0.05) is 32.9 Å². The number of rotatable bonds is 1. The predicted octanol–water partition coefficient (Wildman–Crippen LogP) is 3.39. The third-order valence-electron chi connectivity index (χ3n) is 3.33. The van der Waals surface area contributed by atoms with Crippen LogP contribution in [0.1, 0.15) is 47.5 Å². The summed E-state index contributed by atoms with van der Waals surface area (Å²) in [5, 5.41) is 10.1. The average molecular weight is 196 g/mol. The van der Waals surface area contributed by atoms with Crippen molar-refractivity contribution in [3.8, 4) is 0 Å². The van der Waals surface area contributed by atoms with Gasteiger partial charge in [-0.05, 0) is 43.9 Å². The van der Waals surface area contributed by atoms with Crippen LogP contribution in [-0.2, 0) is 0 Å². The summed E-state index contributed by atoms with van der Waals surface area (Å²) >= 11 is 0. The largest absolute Gasteiger partial charge is 0.390 e. The summed E-state index contributed by atoms with van der Waals surface area (Å²) in [5.74, 6) is 0.892. The molecule has 0 saturated heterocycles. The second kappa shape index (κ2) is 3.69. The first-order valence-electron chi connectivity index (χ1n) is 5.62. The first-order valence-corrected chi connectivity index (χ1v) is 5.62. The Morgan fingerprint density at radius 1 is 1.14 bits per heavy atom. The van der Waals surface area contributed by atoms with Crippen molar-refractivity contribution in [2.24, 2.45) is 17.3 Å². The van der Waals surface area contributed by atoms with E-state index in [1.165, 1.54) is 0 Å². The fourth-order valence-electron chi connectivity index (χ4n) is 2.52. The van der Waals surface area contributed by atoms with E-state index in [1.807, 2.05) is 13.8 Å². The summed E-state index contributed by atoms with van der Waals surface area (Å²) < 4.78 is 0. The quantitative estimate of drug-likeness (QED) is 0.637. The lowest BCUT2D eigenvalue weighted by Crippen LogP contribution is -2.41. The lowest BCUT2D eigenvalue weighted by atomic mass is 9.64. The van der Waals surface area contributed by atoms with E-state index in [2.05, 4.69) is 32.9 Å². The van der Waals surface area contributed by atoms with Crippen molar-refractivity contribution in [2.45, 2.75) is 53.1 Å². The van der Waals surface area contributed by atoms with Crippen LogP contribution in [0.5, 0.6) is 0 Å². The van der Waals surface area contributed by atoms with Crippen LogP contribution in [0.3, 0.4) is 0 Å². The first kappa shape index (κ1) is 11.8. The summed E-state index contributed by atoms with van der Waals surface area (Å²) in [7, 11) is 0. The Labute approximate surface area is 88.2 Å². The molecule has 1 nitrogen and oxygen atoms in total. The first-order chi connectivity index (χ1) is 6.23. The van der Waals surface area contributed by atoms with E-state index in [4.69, 9.17) is 0 Å². The van der Waals surface area contributed by atoms with Gasteiger partial charge in [-0.25, -0.2) is 0 Å². The Bertz CT molecular complexity index is 214. The Kier molecular flexibility index (Phi) is 3.10. The van der Waals surface area contributed by atoms with E-state index in [0.29, 0.717) is 11.8 Å². The van der Waals surface area contributed by atoms with Crippen LogP contribution >= 0.6 is 0 Å². The van der Waals surface area contributed by atoms with Gasteiger partial charge < -0.3 is 5.11 Å². The number of allylic oxidation sites excluding steroid dienone is 2. The number of hydrogen-bond donors (Lipinski definition) is 1. The molecule has 0 heterocycles. The smallest absolute Gasteiger partial charge is 0.0625 e. The highest BCUT2D eigenvalue weighted by Crippen LogP contribution is 2.43. The molecule has 0 aliphatic heterocycles. The monoisotopic (exact) mass is 196 g/mol. The zero-order valence-corrected chi connectivity index (χ0v) is 10.2. The molecule has 82 valence electrons. The van der Waals surface area contributed by atoms with E-state index in [1.54, 1.807) is 0 Å². The lowest BCUT2D eigenvalue weighted by Gasteiger charge is -2.43. The zero-order chi connectivity index (χ0) is 11.0. The predicted molar refractivity (Wildman–Crippen MR) is 61.1 cm³/mol. The van der Waals surface area contributed by atoms with Crippen LogP contribution in [0.15, 0.2) is 12.2 Å². The molecular formula is C13H24O. The second-order valence-electron chi connectivity index (χ2n) is 6.16. The van der Waals surface area contributed by atoms with Gasteiger partial charge in [0.25, 0.3) is 0 Å². The van der Waals surface area contributed by atoms with E-state index >= 15 is 0 Å². The molecule has 1 N–H and O–H groups in total. The Morgan fingerprint density at radius 2 is 1.71 bits per heavy atom. The van der Waals surface area contributed by atoms with E-state index in [9.17, 15) is 5.11 Å². The van der Waals surface area contributed by atoms with Gasteiger partial charge in [0.15, 0.2) is 0 Å². The zero-order valence-electron chi connectivity index (χ0n) is 10.2. The maximum atomic E-state index is 10.1. The van der Waals surface area contributed by atoms with Gasteiger partial charge in [0.05, 0.1) is 5.60 Å². The summed E-state index contributed by atoms with van der Waals surface area (Å²) in [4.78, 5) is 0. The van der Waals surface area contributed by atoms with Crippen molar-refractivity contribution in [3.05, 3.63) is 12.2 Å². The summed E-state index contributed by atoms with van der Waals surface area (Å²) in [6, 6.07) is 0. The topological polar surface area (TPSA) is 20.2 Å². The van der Waals surface area contributed by atoms with Gasteiger partial charge in [-0.15, -0.1) is 0 Å². The molecular weight excluding hydrogens is 172 g/mol. The molecule has 0 aromatic rings. The highest BCUT2D eigenvalue weighted by molar-refractivity contribution is 5.05. The minimum atomic E-state index is -0.553. The van der Waals surface area contributed by atoms with Crippen LogP contribution in [0.25, 0.3) is 0 Å². The van der Waals surface area contributed by atoms with Gasteiger partial charge in [-0.3, -0.25) is 0 Å². The van der Waals surface area contributed by atoms with Crippen molar-refractivity contribution in [2.75, 3.05) is 0 Å². The molecule has 0 saturated carbocycles. The molecule has 1 rings (SSSR count). The third-order valence-corrected chi connectivity index (χ3v) is 3.33. The van der Waals surface area contributed by atoms with Crippen LogP contribution in [0.2, 0.25) is 0 Å². The van der Waals surface area contributed by atoms with Gasteiger partial charge in [0.2, 0.25) is 0 Å². The van der Waals surface area contributed by atoms with Crippen LogP contribution in [0.4, 0.5) is 0 Å². The SMILES string of the molecule is CC(C)(C)[C@H]1C=CCC[C@@H]1C(C)(C)O. The molecule has 0 unspecified atom stereocenters. The second-order valence-corrected chi connectivity index (χ2v) is 6.16. The number of hydrogen-bond acceptors (Lipinski definition) is 1. The van der Waals surface area contributed by atoms with Crippen molar-refractivity contribution in [3.63, 3.8) is 0 Å². The van der Waals surface area contributed by atoms with Gasteiger partial charge >= 0.3 is 0 Å². The molecule has 0 fully saturated rings. The fraction of sp³-hybridized carbons (Fsp3) is 0.846. The average Bonchev–Trinajstić information content (AvgIpc) is 2.01. The molecule has 1 aliphatic carbocycles. The summed E-state index contributed by atoms with van der Waals surface area (Å²) in [6.45, 7) is 10.6.